The summed E-state index contributed by atoms with van der Waals surface area (Å²) in [6, 6.07) is 0. The zero-order valence-electron chi connectivity index (χ0n) is 5.07. The van der Waals surface area contributed by atoms with Crippen LogP contribution in [0.5, 0.6) is 0 Å². The molecular formula is C5H10INO. The Morgan fingerprint density at radius 2 is 2.25 bits per heavy atom. The van der Waals surface area contributed by atoms with Gasteiger partial charge >= 0.3 is 0 Å². The van der Waals surface area contributed by atoms with Gasteiger partial charge in [-0.2, -0.15) is 0 Å². The molecule has 0 aromatic rings. The topological polar surface area (TPSA) is 29.1 Å². The SMILES string of the molecule is CC(C)CC(=O)NI. The number of amides is 1. The molecule has 0 aromatic carbocycles. The van der Waals surface area contributed by atoms with Gasteiger partial charge in [-0.05, 0) is 5.92 Å². The highest BCUT2D eigenvalue weighted by Crippen LogP contribution is 1.98. The number of halogens is 1. The number of hydrogen-bond acceptors (Lipinski definition) is 1. The summed E-state index contributed by atoms with van der Waals surface area (Å²) in [4.78, 5) is 10.5. The fourth-order valence-electron chi connectivity index (χ4n) is 0.409. The minimum absolute atomic E-state index is 0.112. The Hall–Kier alpha value is 0.200. The van der Waals surface area contributed by atoms with E-state index in [0.717, 1.165) is 0 Å². The predicted octanol–water partition coefficient (Wildman–Crippen LogP) is 1.50. The van der Waals surface area contributed by atoms with Crippen molar-refractivity contribution < 1.29 is 4.79 Å². The van der Waals surface area contributed by atoms with Gasteiger partial charge in [-0.25, -0.2) is 0 Å². The second kappa shape index (κ2) is 4.12. The molecule has 0 bridgehead atoms. The second-order valence-corrected chi connectivity index (χ2v) is 2.66. The summed E-state index contributed by atoms with van der Waals surface area (Å²) in [7, 11) is 0. The smallest absolute Gasteiger partial charge is 0.228 e. The van der Waals surface area contributed by atoms with Crippen LogP contribution in [-0.4, -0.2) is 5.91 Å². The number of nitrogens with one attached hydrogen (secondary N) is 1. The van der Waals surface area contributed by atoms with Crippen LogP contribution in [0.4, 0.5) is 0 Å². The molecular weight excluding hydrogens is 217 g/mol. The van der Waals surface area contributed by atoms with Crippen molar-refractivity contribution in [2.24, 2.45) is 5.92 Å². The number of hydrogen-bond donors (Lipinski definition) is 1. The van der Waals surface area contributed by atoms with Crippen LogP contribution in [0.3, 0.4) is 0 Å². The molecule has 0 saturated heterocycles. The molecule has 1 N–H and O–H groups in total. The van der Waals surface area contributed by atoms with Gasteiger partial charge in [0.25, 0.3) is 0 Å². The molecule has 0 unspecified atom stereocenters. The normalized spacial score (nSPS) is 9.50. The van der Waals surface area contributed by atoms with Crippen molar-refractivity contribution in [3.63, 3.8) is 0 Å². The minimum Gasteiger partial charge on any atom is -0.299 e. The summed E-state index contributed by atoms with van der Waals surface area (Å²) < 4.78 is 2.53. The molecule has 1 amide bonds. The Morgan fingerprint density at radius 3 is 2.38 bits per heavy atom. The Bertz CT molecular complexity index is 82.5. The van der Waals surface area contributed by atoms with Gasteiger partial charge in [-0.15, -0.1) is 0 Å². The number of carbonyl (C=O) groups excluding carboxylic acids is 1. The molecule has 0 spiro atoms. The van der Waals surface area contributed by atoms with E-state index < -0.39 is 0 Å². The average molecular weight is 227 g/mol. The lowest BCUT2D eigenvalue weighted by Gasteiger charge is -1.99. The average Bonchev–Trinajstić information content (AvgIpc) is 1.65. The first-order chi connectivity index (χ1) is 3.66. The summed E-state index contributed by atoms with van der Waals surface area (Å²) in [5, 5.41) is 0. The van der Waals surface area contributed by atoms with Gasteiger partial charge in [0, 0.05) is 6.42 Å². The van der Waals surface area contributed by atoms with Gasteiger partial charge in [-0.3, -0.25) is 8.32 Å². The van der Waals surface area contributed by atoms with Crippen molar-refractivity contribution in [1.29, 1.82) is 0 Å². The predicted molar refractivity (Wildman–Crippen MR) is 41.6 cm³/mol. The molecule has 0 heterocycles. The zero-order valence-corrected chi connectivity index (χ0v) is 7.23. The molecule has 3 heteroatoms. The van der Waals surface area contributed by atoms with Crippen molar-refractivity contribution in [1.82, 2.24) is 3.53 Å². The van der Waals surface area contributed by atoms with Gasteiger partial charge in [0.05, 0.1) is 22.9 Å². The Balaban J connectivity index is 3.25. The summed E-state index contributed by atoms with van der Waals surface area (Å²) in [6.07, 6.45) is 0.628. The van der Waals surface area contributed by atoms with Crippen LogP contribution < -0.4 is 3.53 Å². The van der Waals surface area contributed by atoms with Crippen LogP contribution >= 0.6 is 22.9 Å². The fraction of sp³-hybridized carbons (Fsp3) is 0.800. The van der Waals surface area contributed by atoms with Gasteiger partial charge < -0.3 is 0 Å². The molecule has 0 aliphatic heterocycles. The van der Waals surface area contributed by atoms with E-state index in [1.165, 1.54) is 0 Å². The van der Waals surface area contributed by atoms with Gasteiger partial charge in [-0.1, -0.05) is 13.8 Å². The molecule has 8 heavy (non-hydrogen) atoms. The molecule has 0 radical (unpaired) electrons. The maximum Gasteiger partial charge on any atom is 0.228 e. The van der Waals surface area contributed by atoms with Crippen LogP contribution in [0.25, 0.3) is 0 Å². The zero-order chi connectivity index (χ0) is 6.57. The Morgan fingerprint density at radius 1 is 1.75 bits per heavy atom. The molecule has 48 valence electrons. The van der Waals surface area contributed by atoms with Gasteiger partial charge in [0.1, 0.15) is 0 Å². The molecule has 0 aromatic heterocycles. The third-order valence-corrected chi connectivity index (χ3v) is 1.30. The van der Waals surface area contributed by atoms with Crippen LogP contribution in [0.2, 0.25) is 0 Å². The monoisotopic (exact) mass is 227 g/mol. The van der Waals surface area contributed by atoms with Crippen LogP contribution in [0, 0.1) is 5.92 Å². The van der Waals surface area contributed by atoms with E-state index in [2.05, 4.69) is 3.53 Å². The highest BCUT2D eigenvalue weighted by atomic mass is 127. The molecule has 0 aliphatic rings. The number of rotatable bonds is 2. The van der Waals surface area contributed by atoms with E-state index in [1.807, 2.05) is 36.7 Å². The van der Waals surface area contributed by atoms with Crippen LogP contribution in [-0.2, 0) is 4.79 Å². The molecule has 2 nitrogen and oxygen atoms in total. The summed E-state index contributed by atoms with van der Waals surface area (Å²) >= 11 is 1.85. The van der Waals surface area contributed by atoms with E-state index >= 15 is 0 Å². The van der Waals surface area contributed by atoms with Gasteiger partial charge in [0.2, 0.25) is 5.91 Å². The van der Waals surface area contributed by atoms with E-state index in [-0.39, 0.29) is 5.91 Å². The van der Waals surface area contributed by atoms with E-state index in [4.69, 9.17) is 0 Å². The lowest BCUT2D eigenvalue weighted by molar-refractivity contribution is -0.119. The third-order valence-electron chi connectivity index (χ3n) is 0.699. The molecule has 0 aliphatic carbocycles. The maximum absolute atomic E-state index is 10.5. The first-order valence-electron chi connectivity index (χ1n) is 2.56. The maximum atomic E-state index is 10.5. The summed E-state index contributed by atoms with van der Waals surface area (Å²) in [5.41, 5.74) is 0. The molecule has 0 saturated carbocycles. The van der Waals surface area contributed by atoms with Gasteiger partial charge in [0.15, 0.2) is 0 Å². The highest BCUT2D eigenvalue weighted by molar-refractivity contribution is 14.1. The first kappa shape index (κ1) is 8.20. The fourth-order valence-corrected chi connectivity index (χ4v) is 0.630. The van der Waals surface area contributed by atoms with E-state index in [9.17, 15) is 4.79 Å². The lowest BCUT2D eigenvalue weighted by Crippen LogP contribution is -2.13. The minimum atomic E-state index is 0.112. The number of carbonyl (C=O) groups is 1. The quantitative estimate of drug-likeness (QED) is 0.562. The second-order valence-electron chi connectivity index (χ2n) is 2.12. The summed E-state index contributed by atoms with van der Waals surface area (Å²) in [6.45, 7) is 4.04. The van der Waals surface area contributed by atoms with Crippen LogP contribution in [0.15, 0.2) is 0 Å². The summed E-state index contributed by atoms with van der Waals surface area (Å²) in [5.74, 6) is 0.574. The molecule has 0 rings (SSSR count). The van der Waals surface area contributed by atoms with Crippen molar-refractivity contribution >= 4 is 28.8 Å². The lowest BCUT2D eigenvalue weighted by atomic mass is 10.1. The highest BCUT2D eigenvalue weighted by Gasteiger charge is 2.00. The standard InChI is InChI=1S/C5H10INO/c1-4(2)3-5(8)7-6/h4H,3H2,1-2H3,(H,7,8). The van der Waals surface area contributed by atoms with Crippen molar-refractivity contribution in [3.05, 3.63) is 0 Å². The van der Waals surface area contributed by atoms with E-state index in [1.54, 1.807) is 0 Å². The Labute approximate surface area is 63.5 Å². The molecule has 0 atom stereocenters. The van der Waals surface area contributed by atoms with Crippen molar-refractivity contribution in [2.75, 3.05) is 0 Å². The third kappa shape index (κ3) is 4.36. The van der Waals surface area contributed by atoms with Crippen LogP contribution in [0.1, 0.15) is 20.3 Å². The first-order valence-corrected chi connectivity index (χ1v) is 3.64. The largest absolute Gasteiger partial charge is 0.299 e. The van der Waals surface area contributed by atoms with Crippen molar-refractivity contribution in [2.45, 2.75) is 20.3 Å². The molecule has 0 fully saturated rings. The van der Waals surface area contributed by atoms with E-state index in [0.29, 0.717) is 12.3 Å². The Kier molecular flexibility index (Phi) is 4.22. The van der Waals surface area contributed by atoms with Crippen molar-refractivity contribution in [3.8, 4) is 0 Å².